The highest BCUT2D eigenvalue weighted by molar-refractivity contribution is 8.76. The van der Waals surface area contributed by atoms with E-state index >= 15 is 0 Å². The summed E-state index contributed by atoms with van der Waals surface area (Å²) < 4.78 is 34.0. The quantitative estimate of drug-likeness (QED) is 0.0185. The number of unbranched alkanes of at least 4 members (excludes halogenated alkanes) is 22. The van der Waals surface area contributed by atoms with Gasteiger partial charge in [0.1, 0.15) is 17.7 Å². The standard InChI is InChI=1S/C49H85N2O10PS2/c1-3-5-7-9-11-13-15-17-19-21-23-25-27-29-31-36-47(52)58-41-44(61-48(53)37-32-30-28-26-24-22-20-18-16-14-12-10-8-6-4-2)42-60-62(56,57)59-40-39-50-45(49(54)55)43-63-64-46-35-33-34-38-51-46/h17-20,33-35,38,44-45,50H,3-16,21-32,36-37,39-43H2,1-2H3,(H,54,55)(H,56,57)/b19-17-,20-18-. The van der Waals surface area contributed by atoms with Gasteiger partial charge < -0.3 is 24.8 Å². The van der Waals surface area contributed by atoms with Crippen LogP contribution in [0.25, 0.3) is 0 Å². The highest BCUT2D eigenvalue weighted by Crippen LogP contribution is 2.43. The van der Waals surface area contributed by atoms with E-state index in [2.05, 4.69) is 48.5 Å². The predicted molar refractivity (Wildman–Crippen MR) is 263 cm³/mol. The SMILES string of the molecule is CCCCCCCC/C=C\CCCCCCCC(=O)OCC(COP(=O)(O)OCCNC(CSSc1ccccn1)C(=O)O)OC(=O)CCCCCCC/C=C\CCCCCCCC. The maximum atomic E-state index is 12.8. The molecule has 0 saturated carbocycles. The molecule has 1 aromatic heterocycles. The molecule has 0 radical (unpaired) electrons. The van der Waals surface area contributed by atoms with Crippen LogP contribution in [-0.2, 0) is 37.5 Å². The maximum Gasteiger partial charge on any atom is 0.472 e. The normalized spacial score (nSPS) is 13.6. The first kappa shape index (κ1) is 59.8. The Balaban J connectivity index is 2.45. The number of ether oxygens (including phenoxy) is 2. The van der Waals surface area contributed by atoms with Gasteiger partial charge in [0.2, 0.25) is 0 Å². The van der Waals surface area contributed by atoms with Gasteiger partial charge in [0.05, 0.1) is 13.2 Å². The summed E-state index contributed by atoms with van der Waals surface area (Å²) in [6.07, 6.45) is 39.9. The van der Waals surface area contributed by atoms with Crippen LogP contribution in [0.1, 0.15) is 194 Å². The van der Waals surface area contributed by atoms with Crippen LogP contribution in [0.4, 0.5) is 0 Å². The zero-order valence-electron chi connectivity index (χ0n) is 39.5. The van der Waals surface area contributed by atoms with Crippen molar-refractivity contribution in [3.63, 3.8) is 0 Å². The first-order valence-electron chi connectivity index (χ1n) is 24.6. The first-order valence-corrected chi connectivity index (χ1v) is 28.4. The number of carboxylic acid groups (broad SMARTS) is 1. The molecule has 0 spiro atoms. The highest BCUT2D eigenvalue weighted by Gasteiger charge is 2.27. The topological polar surface area (TPSA) is 171 Å². The lowest BCUT2D eigenvalue weighted by Gasteiger charge is -2.20. The van der Waals surface area contributed by atoms with Gasteiger partial charge in [-0.1, -0.05) is 158 Å². The van der Waals surface area contributed by atoms with Crippen LogP contribution in [-0.4, -0.2) is 77.2 Å². The second-order valence-corrected chi connectivity index (χ2v) is 20.3. The third kappa shape index (κ3) is 39.0. The van der Waals surface area contributed by atoms with Crippen molar-refractivity contribution < 1.29 is 47.5 Å². The lowest BCUT2D eigenvalue weighted by Crippen LogP contribution is -2.40. The smallest absolute Gasteiger partial charge is 0.472 e. The van der Waals surface area contributed by atoms with Crippen molar-refractivity contribution >= 4 is 47.3 Å². The Labute approximate surface area is 395 Å². The fraction of sp³-hybridized carbons (Fsp3) is 0.755. The summed E-state index contributed by atoms with van der Waals surface area (Å²) in [5, 5.41) is 13.2. The number of aliphatic carboxylic acids is 1. The average molecular weight is 957 g/mol. The van der Waals surface area contributed by atoms with Gasteiger partial charge in [-0.2, -0.15) is 0 Å². The molecule has 3 N–H and O–H groups in total. The van der Waals surface area contributed by atoms with Crippen molar-refractivity contribution in [2.24, 2.45) is 0 Å². The van der Waals surface area contributed by atoms with E-state index in [1.165, 1.54) is 98.6 Å². The van der Waals surface area contributed by atoms with E-state index in [0.717, 1.165) is 82.1 Å². The van der Waals surface area contributed by atoms with E-state index in [1.807, 2.05) is 12.1 Å². The number of phosphoric acid groups is 1. The van der Waals surface area contributed by atoms with Gasteiger partial charge in [-0.25, -0.2) is 9.55 Å². The molecule has 0 aromatic carbocycles. The van der Waals surface area contributed by atoms with Gasteiger partial charge >= 0.3 is 25.7 Å². The number of carboxylic acids is 1. The minimum absolute atomic E-state index is 0.0397. The molecule has 15 heteroatoms. The van der Waals surface area contributed by atoms with Crippen LogP contribution in [0.5, 0.6) is 0 Å². The Morgan fingerprint density at radius 1 is 0.688 bits per heavy atom. The Hall–Kier alpha value is -2.19. The zero-order valence-corrected chi connectivity index (χ0v) is 42.0. The van der Waals surface area contributed by atoms with Crippen molar-refractivity contribution in [3.8, 4) is 0 Å². The summed E-state index contributed by atoms with van der Waals surface area (Å²) >= 11 is 0. The van der Waals surface area contributed by atoms with E-state index < -0.39 is 44.5 Å². The van der Waals surface area contributed by atoms with Crippen molar-refractivity contribution in [1.29, 1.82) is 0 Å². The van der Waals surface area contributed by atoms with Crippen LogP contribution in [0, 0.1) is 0 Å². The minimum atomic E-state index is -4.63. The molecule has 1 heterocycles. The van der Waals surface area contributed by atoms with E-state index in [1.54, 1.807) is 12.3 Å². The van der Waals surface area contributed by atoms with Gasteiger partial charge in [0.15, 0.2) is 6.10 Å². The number of esters is 2. The summed E-state index contributed by atoms with van der Waals surface area (Å²) in [5.41, 5.74) is 0. The number of aromatic nitrogens is 1. The number of pyridine rings is 1. The van der Waals surface area contributed by atoms with Gasteiger partial charge in [0.25, 0.3) is 0 Å². The second-order valence-electron chi connectivity index (χ2n) is 16.4. The van der Waals surface area contributed by atoms with Crippen molar-refractivity contribution in [2.45, 2.75) is 211 Å². The lowest BCUT2D eigenvalue weighted by molar-refractivity contribution is -0.161. The number of carbonyl (C=O) groups excluding carboxylic acids is 2. The number of nitrogens with one attached hydrogen (secondary N) is 1. The molecule has 3 unspecified atom stereocenters. The number of allylic oxidation sites excluding steroid dienone is 4. The molecular formula is C49H85N2O10PS2. The first-order chi connectivity index (χ1) is 31.2. The zero-order chi connectivity index (χ0) is 46.6. The summed E-state index contributed by atoms with van der Waals surface area (Å²) in [5.74, 6) is -1.80. The molecule has 3 atom stereocenters. The monoisotopic (exact) mass is 957 g/mol. The van der Waals surface area contributed by atoms with Crippen molar-refractivity contribution in [3.05, 3.63) is 48.7 Å². The van der Waals surface area contributed by atoms with Gasteiger partial charge in [-0.05, 0) is 87.1 Å². The molecule has 0 aliphatic heterocycles. The Kier molecular flexibility index (Phi) is 40.6. The van der Waals surface area contributed by atoms with E-state index in [9.17, 15) is 28.9 Å². The third-order valence-corrected chi connectivity index (χ3v) is 13.8. The number of hydrogen-bond donors (Lipinski definition) is 3. The van der Waals surface area contributed by atoms with E-state index in [-0.39, 0.29) is 38.4 Å². The number of phosphoric ester groups is 1. The lowest BCUT2D eigenvalue weighted by atomic mass is 10.1. The van der Waals surface area contributed by atoms with Crippen molar-refractivity contribution in [2.75, 3.05) is 32.1 Å². The molecule has 12 nitrogen and oxygen atoms in total. The van der Waals surface area contributed by atoms with Gasteiger partial charge in [0, 0.05) is 31.3 Å². The largest absolute Gasteiger partial charge is 0.480 e. The third-order valence-electron chi connectivity index (χ3n) is 10.5. The maximum absolute atomic E-state index is 12.8. The molecule has 0 aliphatic rings. The van der Waals surface area contributed by atoms with Crippen LogP contribution in [0.3, 0.4) is 0 Å². The minimum Gasteiger partial charge on any atom is -0.480 e. The van der Waals surface area contributed by atoms with Gasteiger partial charge in [-0.3, -0.25) is 23.4 Å². The Morgan fingerprint density at radius 2 is 1.19 bits per heavy atom. The van der Waals surface area contributed by atoms with E-state index in [4.69, 9.17) is 18.5 Å². The highest BCUT2D eigenvalue weighted by atomic mass is 33.1. The molecule has 0 amide bonds. The number of hydrogen-bond acceptors (Lipinski definition) is 12. The van der Waals surface area contributed by atoms with Crippen molar-refractivity contribution in [1.82, 2.24) is 10.3 Å². The Bertz CT molecular complexity index is 1390. The number of nitrogens with zero attached hydrogens (tertiary/aromatic N) is 1. The molecule has 64 heavy (non-hydrogen) atoms. The Morgan fingerprint density at radius 3 is 1.69 bits per heavy atom. The molecule has 368 valence electrons. The molecule has 0 saturated heterocycles. The molecule has 0 bridgehead atoms. The van der Waals surface area contributed by atoms with E-state index in [0.29, 0.717) is 12.8 Å². The molecule has 0 aliphatic carbocycles. The fourth-order valence-electron chi connectivity index (χ4n) is 6.68. The fourth-order valence-corrected chi connectivity index (χ4v) is 9.53. The molecule has 1 aromatic rings. The summed E-state index contributed by atoms with van der Waals surface area (Å²) in [6.45, 7) is 3.27. The predicted octanol–water partition coefficient (Wildman–Crippen LogP) is 13.5. The summed E-state index contributed by atoms with van der Waals surface area (Å²) in [6, 6.07) is 4.53. The molecule has 1 rings (SSSR count). The van der Waals surface area contributed by atoms with Crippen LogP contribution in [0.2, 0.25) is 0 Å². The van der Waals surface area contributed by atoms with Crippen LogP contribution < -0.4 is 5.32 Å². The average Bonchev–Trinajstić information content (AvgIpc) is 3.28. The molecule has 0 fully saturated rings. The number of carbonyl (C=O) groups is 3. The van der Waals surface area contributed by atoms with Crippen LogP contribution in [0.15, 0.2) is 53.7 Å². The van der Waals surface area contributed by atoms with Crippen LogP contribution >= 0.6 is 29.4 Å². The summed E-state index contributed by atoms with van der Waals surface area (Å²) in [7, 11) is -1.96. The number of rotatable bonds is 46. The second kappa shape index (κ2) is 43.4. The van der Waals surface area contributed by atoms with Gasteiger partial charge in [-0.15, -0.1) is 0 Å². The summed E-state index contributed by atoms with van der Waals surface area (Å²) in [4.78, 5) is 51.7. The molecular weight excluding hydrogens is 872 g/mol.